The molecule has 0 radical (unpaired) electrons. The highest BCUT2D eigenvalue weighted by Gasteiger charge is 2.42. The van der Waals surface area contributed by atoms with Gasteiger partial charge in [-0.05, 0) is 95.8 Å². The van der Waals surface area contributed by atoms with Crippen molar-refractivity contribution in [1.82, 2.24) is 0 Å². The van der Waals surface area contributed by atoms with Gasteiger partial charge in [0.15, 0.2) is 0 Å². The van der Waals surface area contributed by atoms with Crippen LogP contribution < -0.4 is 4.74 Å². The van der Waals surface area contributed by atoms with E-state index in [9.17, 15) is 0 Å². The maximum atomic E-state index is 6.50. The van der Waals surface area contributed by atoms with Crippen LogP contribution in [0.25, 0.3) is 33.0 Å². The Hall–Kier alpha value is -3.06. The molecule has 0 unspecified atom stereocenters. The van der Waals surface area contributed by atoms with E-state index in [1.54, 1.807) is 0 Å². The molecule has 0 aliphatic heterocycles. The van der Waals surface area contributed by atoms with Gasteiger partial charge in [0.05, 0.1) is 0 Å². The highest BCUT2D eigenvalue weighted by Crippen LogP contribution is 2.58. The number of hydrogen-bond donors (Lipinski definition) is 0. The molecule has 0 fully saturated rings. The summed E-state index contributed by atoms with van der Waals surface area (Å²) in [5.74, 6) is 0.983. The van der Waals surface area contributed by atoms with Crippen LogP contribution in [-0.2, 0) is 10.8 Å². The second kappa shape index (κ2) is 6.54. The van der Waals surface area contributed by atoms with Crippen molar-refractivity contribution in [2.75, 3.05) is 0 Å². The summed E-state index contributed by atoms with van der Waals surface area (Å²) in [6.45, 7) is 18.1. The van der Waals surface area contributed by atoms with Crippen molar-refractivity contribution in [2.24, 2.45) is 0 Å². The maximum Gasteiger partial charge on any atom is 0.128 e. The molecular formula is C33H34O. The molecule has 0 atom stereocenters. The minimum absolute atomic E-state index is 0.0102. The summed E-state index contributed by atoms with van der Waals surface area (Å²) in [6, 6.07) is 23.0. The van der Waals surface area contributed by atoms with Crippen LogP contribution in [0.3, 0.4) is 0 Å². The fourth-order valence-electron chi connectivity index (χ4n) is 6.30. The van der Waals surface area contributed by atoms with Gasteiger partial charge in [-0.3, -0.25) is 0 Å². The molecule has 34 heavy (non-hydrogen) atoms. The lowest BCUT2D eigenvalue weighted by Gasteiger charge is -2.26. The van der Waals surface area contributed by atoms with Crippen molar-refractivity contribution in [3.63, 3.8) is 0 Å². The number of ether oxygens (including phenoxy) is 1. The molecule has 2 aliphatic rings. The van der Waals surface area contributed by atoms with E-state index >= 15 is 0 Å². The van der Waals surface area contributed by atoms with E-state index in [0.717, 1.165) is 5.75 Å². The molecule has 1 nitrogen and oxygen atoms in total. The van der Waals surface area contributed by atoms with Crippen LogP contribution in [0.5, 0.6) is 5.75 Å². The summed E-state index contributed by atoms with van der Waals surface area (Å²) < 4.78 is 6.50. The maximum absolute atomic E-state index is 6.50. The minimum atomic E-state index is -0.250. The van der Waals surface area contributed by atoms with Crippen LogP contribution in [0, 0.1) is 6.92 Å². The predicted molar refractivity (Wildman–Crippen MR) is 144 cm³/mol. The van der Waals surface area contributed by atoms with Crippen LogP contribution in [-0.4, -0.2) is 5.60 Å². The average molecular weight is 447 g/mol. The number of benzene rings is 4. The molecule has 6 rings (SSSR count). The van der Waals surface area contributed by atoms with Crippen LogP contribution in [0.4, 0.5) is 0 Å². The molecule has 0 saturated heterocycles. The second-order valence-electron chi connectivity index (χ2n) is 12.3. The van der Waals surface area contributed by atoms with Crippen LogP contribution in [0.2, 0.25) is 0 Å². The Kier molecular flexibility index (Phi) is 4.13. The van der Waals surface area contributed by atoms with Gasteiger partial charge in [-0.1, -0.05) is 75.7 Å². The van der Waals surface area contributed by atoms with Gasteiger partial charge in [0.1, 0.15) is 11.4 Å². The van der Waals surface area contributed by atoms with Crippen molar-refractivity contribution in [2.45, 2.75) is 71.8 Å². The first kappa shape index (κ1) is 21.5. The first-order chi connectivity index (χ1) is 15.9. The monoisotopic (exact) mass is 446 g/mol. The SMILES string of the molecule is Cc1ccc2c(c1)C(C)(C)c1cc3c(cc1-2)C(C)(C)c1cc(OC(C)(C)C)c2ccccc2c1-3. The molecule has 4 aromatic rings. The molecule has 0 bridgehead atoms. The largest absolute Gasteiger partial charge is 0.487 e. The second-order valence-corrected chi connectivity index (χ2v) is 12.3. The Morgan fingerprint density at radius 1 is 0.618 bits per heavy atom. The van der Waals surface area contributed by atoms with Crippen molar-refractivity contribution in [3.05, 3.63) is 88.5 Å². The molecule has 0 N–H and O–H groups in total. The molecule has 1 heteroatoms. The lowest BCUT2D eigenvalue weighted by atomic mass is 9.79. The molecule has 0 heterocycles. The van der Waals surface area contributed by atoms with E-state index in [4.69, 9.17) is 4.74 Å². The number of aryl methyl sites for hydroxylation is 1. The fourth-order valence-corrected chi connectivity index (χ4v) is 6.30. The van der Waals surface area contributed by atoms with Gasteiger partial charge in [-0.25, -0.2) is 0 Å². The molecular weight excluding hydrogens is 412 g/mol. The highest BCUT2D eigenvalue weighted by atomic mass is 16.5. The summed E-state index contributed by atoms with van der Waals surface area (Å²) in [7, 11) is 0. The van der Waals surface area contributed by atoms with Gasteiger partial charge in [0, 0.05) is 16.2 Å². The van der Waals surface area contributed by atoms with Crippen molar-refractivity contribution in [1.29, 1.82) is 0 Å². The van der Waals surface area contributed by atoms with Crippen molar-refractivity contribution in [3.8, 4) is 28.0 Å². The average Bonchev–Trinajstić information content (AvgIpc) is 3.11. The summed E-state index contributed by atoms with van der Waals surface area (Å²) >= 11 is 0. The van der Waals surface area contributed by atoms with E-state index in [1.807, 2.05) is 0 Å². The molecule has 0 amide bonds. The quantitative estimate of drug-likeness (QED) is 0.283. The summed E-state index contributed by atoms with van der Waals surface area (Å²) in [6.07, 6.45) is 0. The van der Waals surface area contributed by atoms with Gasteiger partial charge in [0.2, 0.25) is 0 Å². The normalized spacial score (nSPS) is 16.7. The lowest BCUT2D eigenvalue weighted by molar-refractivity contribution is 0.133. The zero-order valence-corrected chi connectivity index (χ0v) is 21.7. The first-order valence-corrected chi connectivity index (χ1v) is 12.5. The van der Waals surface area contributed by atoms with Crippen LogP contribution in [0.15, 0.2) is 60.7 Å². The first-order valence-electron chi connectivity index (χ1n) is 12.5. The van der Waals surface area contributed by atoms with Gasteiger partial charge in [-0.15, -0.1) is 0 Å². The molecule has 0 spiro atoms. The Labute approximate surface area is 203 Å². The van der Waals surface area contributed by atoms with Gasteiger partial charge in [-0.2, -0.15) is 0 Å². The topological polar surface area (TPSA) is 9.23 Å². The van der Waals surface area contributed by atoms with Crippen molar-refractivity contribution >= 4 is 10.8 Å². The Morgan fingerprint density at radius 2 is 1.21 bits per heavy atom. The third kappa shape index (κ3) is 2.79. The summed E-state index contributed by atoms with van der Waals surface area (Å²) in [5, 5.41) is 2.48. The van der Waals surface area contributed by atoms with Crippen molar-refractivity contribution < 1.29 is 4.74 Å². The highest BCUT2D eigenvalue weighted by molar-refractivity contribution is 6.06. The van der Waals surface area contributed by atoms with Crippen LogP contribution in [0.1, 0.15) is 76.3 Å². The van der Waals surface area contributed by atoms with E-state index < -0.39 is 0 Å². The van der Waals surface area contributed by atoms with Crippen LogP contribution >= 0.6 is 0 Å². The number of fused-ring (bicyclic) bond motifs is 8. The third-order valence-electron chi connectivity index (χ3n) is 8.01. The molecule has 4 aromatic carbocycles. The smallest absolute Gasteiger partial charge is 0.128 e. The summed E-state index contributed by atoms with van der Waals surface area (Å²) in [5.41, 5.74) is 12.2. The standard InChI is InChI=1S/C33H34O/c1-19-13-14-20-23-16-27-24(17-26(23)32(5,6)25(20)15-19)30-22-12-10-9-11-21(22)29(34-31(2,3)4)18-28(30)33(27,7)8/h9-18H,1-8H3. The Balaban J connectivity index is 1.67. The van der Waals surface area contributed by atoms with Gasteiger partial charge in [0.25, 0.3) is 0 Å². The number of rotatable bonds is 1. The lowest BCUT2D eigenvalue weighted by Crippen LogP contribution is -2.23. The molecule has 172 valence electrons. The van der Waals surface area contributed by atoms with Gasteiger partial charge >= 0.3 is 0 Å². The van der Waals surface area contributed by atoms with Gasteiger partial charge < -0.3 is 4.74 Å². The number of hydrogen-bond acceptors (Lipinski definition) is 1. The van der Waals surface area contributed by atoms with E-state index in [-0.39, 0.29) is 16.4 Å². The van der Waals surface area contributed by atoms with E-state index in [1.165, 1.54) is 60.8 Å². The zero-order valence-electron chi connectivity index (χ0n) is 21.7. The minimum Gasteiger partial charge on any atom is -0.487 e. The molecule has 0 aromatic heterocycles. The molecule has 0 saturated carbocycles. The zero-order chi connectivity index (χ0) is 24.2. The third-order valence-corrected chi connectivity index (χ3v) is 8.01. The summed E-state index contributed by atoms with van der Waals surface area (Å²) in [4.78, 5) is 0. The van der Waals surface area contributed by atoms with E-state index in [2.05, 4.69) is 116 Å². The molecule has 2 aliphatic carbocycles. The fraction of sp³-hybridized carbons (Fsp3) is 0.333. The Morgan fingerprint density at radius 3 is 1.91 bits per heavy atom. The Bertz CT molecular complexity index is 1510. The van der Waals surface area contributed by atoms with E-state index in [0.29, 0.717) is 0 Å². The predicted octanol–water partition coefficient (Wildman–Crippen LogP) is 8.94.